The Balaban J connectivity index is 2.29. The van der Waals surface area contributed by atoms with Gasteiger partial charge in [-0.05, 0) is 34.2 Å². The SMILES string of the molecule is [C-]#[N+]c1ccc(-c2cccc3c(=O)c(I)c[nH]c23)cc1. The monoisotopic (exact) mass is 372 g/mol. The van der Waals surface area contributed by atoms with Gasteiger partial charge in [0.2, 0.25) is 5.43 Å². The van der Waals surface area contributed by atoms with E-state index >= 15 is 0 Å². The first-order valence-electron chi connectivity index (χ1n) is 5.98. The molecule has 1 heterocycles. The predicted octanol–water partition coefficient (Wildman–Crippen LogP) is 4.35. The number of aromatic amines is 1. The molecular formula is C16H9IN2O. The normalized spacial score (nSPS) is 10.4. The van der Waals surface area contributed by atoms with Crippen LogP contribution in [-0.4, -0.2) is 4.98 Å². The molecule has 20 heavy (non-hydrogen) atoms. The van der Waals surface area contributed by atoms with E-state index in [1.807, 2.05) is 52.9 Å². The quantitative estimate of drug-likeness (QED) is 0.501. The highest BCUT2D eigenvalue weighted by Gasteiger charge is 2.08. The Bertz CT molecular complexity index is 889. The molecule has 0 aliphatic heterocycles. The van der Waals surface area contributed by atoms with Gasteiger partial charge in [-0.1, -0.05) is 36.4 Å². The number of para-hydroxylation sites is 1. The fourth-order valence-electron chi connectivity index (χ4n) is 2.18. The van der Waals surface area contributed by atoms with Gasteiger partial charge in [-0.2, -0.15) is 0 Å². The van der Waals surface area contributed by atoms with Crippen LogP contribution in [0.5, 0.6) is 0 Å². The van der Waals surface area contributed by atoms with Crippen LogP contribution < -0.4 is 5.43 Å². The van der Waals surface area contributed by atoms with Gasteiger partial charge in [-0.3, -0.25) is 4.79 Å². The first-order chi connectivity index (χ1) is 9.70. The molecule has 0 unspecified atom stereocenters. The summed E-state index contributed by atoms with van der Waals surface area (Å²) in [5.74, 6) is 0. The fourth-order valence-corrected chi connectivity index (χ4v) is 2.63. The molecule has 1 aromatic heterocycles. The summed E-state index contributed by atoms with van der Waals surface area (Å²) in [5, 5.41) is 0.684. The van der Waals surface area contributed by atoms with Gasteiger partial charge in [0.05, 0.1) is 15.7 Å². The molecule has 4 heteroatoms. The number of nitrogens with one attached hydrogen (secondary N) is 1. The minimum Gasteiger partial charge on any atom is -0.359 e. The number of hydrogen-bond donors (Lipinski definition) is 1. The number of hydrogen-bond acceptors (Lipinski definition) is 1. The maximum absolute atomic E-state index is 12.1. The van der Waals surface area contributed by atoms with Crippen LogP contribution in [0, 0.1) is 10.1 Å². The highest BCUT2D eigenvalue weighted by molar-refractivity contribution is 14.1. The summed E-state index contributed by atoms with van der Waals surface area (Å²) in [6.45, 7) is 6.98. The topological polar surface area (TPSA) is 37.2 Å². The largest absolute Gasteiger partial charge is 0.359 e. The van der Waals surface area contributed by atoms with Crippen LogP contribution in [0.4, 0.5) is 5.69 Å². The van der Waals surface area contributed by atoms with Crippen molar-refractivity contribution in [1.82, 2.24) is 4.98 Å². The number of H-pyrrole nitrogens is 1. The highest BCUT2D eigenvalue weighted by Crippen LogP contribution is 2.27. The Labute approximate surface area is 129 Å². The summed E-state index contributed by atoms with van der Waals surface area (Å²) >= 11 is 2.03. The lowest BCUT2D eigenvalue weighted by molar-refractivity contribution is 1.36. The van der Waals surface area contributed by atoms with Crippen molar-refractivity contribution in [3.63, 3.8) is 0 Å². The van der Waals surface area contributed by atoms with Crippen molar-refractivity contribution in [2.24, 2.45) is 0 Å². The number of aromatic nitrogens is 1. The van der Waals surface area contributed by atoms with E-state index in [0.717, 1.165) is 16.6 Å². The van der Waals surface area contributed by atoms with Gasteiger partial charge >= 0.3 is 0 Å². The summed E-state index contributed by atoms with van der Waals surface area (Å²) in [6, 6.07) is 13.0. The molecule has 1 N–H and O–H groups in total. The van der Waals surface area contributed by atoms with Crippen molar-refractivity contribution in [3.8, 4) is 11.1 Å². The molecule has 0 amide bonds. The predicted molar refractivity (Wildman–Crippen MR) is 89.0 cm³/mol. The maximum atomic E-state index is 12.1. The van der Waals surface area contributed by atoms with Crippen molar-refractivity contribution in [2.75, 3.05) is 0 Å². The maximum Gasteiger partial charge on any atom is 0.202 e. The minimum atomic E-state index is 0.0407. The van der Waals surface area contributed by atoms with E-state index in [-0.39, 0.29) is 5.43 Å². The number of rotatable bonds is 1. The molecule has 3 aromatic rings. The minimum absolute atomic E-state index is 0.0407. The second-order valence-corrected chi connectivity index (χ2v) is 5.51. The summed E-state index contributed by atoms with van der Waals surface area (Å²) in [5.41, 5.74) is 3.43. The number of benzene rings is 2. The zero-order valence-electron chi connectivity index (χ0n) is 10.4. The lowest BCUT2D eigenvalue weighted by Gasteiger charge is -2.07. The second kappa shape index (κ2) is 5.10. The van der Waals surface area contributed by atoms with Crippen molar-refractivity contribution >= 4 is 39.2 Å². The molecule has 96 valence electrons. The van der Waals surface area contributed by atoms with Crippen molar-refractivity contribution in [1.29, 1.82) is 0 Å². The number of fused-ring (bicyclic) bond motifs is 1. The molecule has 0 aliphatic rings. The third kappa shape index (κ3) is 2.10. The molecule has 0 atom stereocenters. The van der Waals surface area contributed by atoms with Crippen LogP contribution in [0.1, 0.15) is 0 Å². The van der Waals surface area contributed by atoms with Crippen LogP contribution in [0.3, 0.4) is 0 Å². The molecule has 0 spiro atoms. The van der Waals surface area contributed by atoms with Crippen LogP contribution in [0.25, 0.3) is 26.9 Å². The summed E-state index contributed by atoms with van der Waals surface area (Å²) in [4.78, 5) is 18.7. The van der Waals surface area contributed by atoms with Crippen LogP contribution >= 0.6 is 22.6 Å². The van der Waals surface area contributed by atoms with E-state index in [2.05, 4.69) is 9.83 Å². The second-order valence-electron chi connectivity index (χ2n) is 4.35. The van der Waals surface area contributed by atoms with Crippen LogP contribution in [-0.2, 0) is 0 Å². The van der Waals surface area contributed by atoms with E-state index in [9.17, 15) is 4.79 Å². The third-order valence-electron chi connectivity index (χ3n) is 3.18. The number of nitrogens with zero attached hydrogens (tertiary/aromatic N) is 1. The Kier molecular flexibility index (Phi) is 3.28. The zero-order chi connectivity index (χ0) is 14.1. The van der Waals surface area contributed by atoms with Gasteiger partial charge in [-0.25, -0.2) is 4.85 Å². The standard InChI is InChI=1S/C16H9IN2O/c1-18-11-7-5-10(6-8-11)12-3-2-4-13-15(12)19-9-14(17)16(13)20/h2-9H,(H,19,20). The van der Waals surface area contributed by atoms with Gasteiger partial charge in [0.15, 0.2) is 5.69 Å². The van der Waals surface area contributed by atoms with Crippen molar-refractivity contribution < 1.29 is 0 Å². The van der Waals surface area contributed by atoms with Gasteiger partial charge in [0.1, 0.15) is 0 Å². The van der Waals surface area contributed by atoms with Gasteiger partial charge < -0.3 is 4.98 Å². The molecule has 0 bridgehead atoms. The molecule has 0 saturated heterocycles. The Morgan fingerprint density at radius 1 is 1.10 bits per heavy atom. The average Bonchev–Trinajstić information content (AvgIpc) is 2.51. The lowest BCUT2D eigenvalue weighted by atomic mass is 10.0. The summed E-state index contributed by atoms with van der Waals surface area (Å²) in [7, 11) is 0. The van der Waals surface area contributed by atoms with Crippen LogP contribution in [0.15, 0.2) is 53.5 Å². The van der Waals surface area contributed by atoms with E-state index in [1.165, 1.54) is 0 Å². The highest BCUT2D eigenvalue weighted by atomic mass is 127. The molecule has 0 fully saturated rings. The van der Waals surface area contributed by atoms with E-state index in [1.54, 1.807) is 18.3 Å². The zero-order valence-corrected chi connectivity index (χ0v) is 12.5. The molecule has 0 aliphatic carbocycles. The molecule has 3 nitrogen and oxygen atoms in total. The smallest absolute Gasteiger partial charge is 0.202 e. The molecule has 0 radical (unpaired) electrons. The lowest BCUT2D eigenvalue weighted by Crippen LogP contribution is -2.06. The average molecular weight is 372 g/mol. The van der Waals surface area contributed by atoms with Gasteiger partial charge in [-0.15, -0.1) is 0 Å². The van der Waals surface area contributed by atoms with E-state index in [0.29, 0.717) is 14.6 Å². The Morgan fingerprint density at radius 2 is 1.85 bits per heavy atom. The Hall–Kier alpha value is -2.13. The van der Waals surface area contributed by atoms with E-state index < -0.39 is 0 Å². The molecule has 3 rings (SSSR count). The molecule has 2 aromatic carbocycles. The van der Waals surface area contributed by atoms with Gasteiger partial charge in [0.25, 0.3) is 0 Å². The van der Waals surface area contributed by atoms with Crippen LogP contribution in [0.2, 0.25) is 0 Å². The Morgan fingerprint density at radius 3 is 2.55 bits per heavy atom. The molecular weight excluding hydrogens is 363 g/mol. The first-order valence-corrected chi connectivity index (χ1v) is 7.06. The van der Waals surface area contributed by atoms with E-state index in [4.69, 9.17) is 6.57 Å². The third-order valence-corrected chi connectivity index (χ3v) is 3.98. The fraction of sp³-hybridized carbons (Fsp3) is 0. The molecule has 0 saturated carbocycles. The van der Waals surface area contributed by atoms with Crippen molar-refractivity contribution in [3.05, 3.63) is 73.9 Å². The number of halogens is 1. The summed E-state index contributed by atoms with van der Waals surface area (Å²) < 4.78 is 0.676. The van der Waals surface area contributed by atoms with Crippen molar-refractivity contribution in [2.45, 2.75) is 0 Å². The summed E-state index contributed by atoms with van der Waals surface area (Å²) in [6.07, 6.45) is 1.72. The van der Waals surface area contributed by atoms with Gasteiger partial charge in [0, 0.05) is 17.1 Å². The number of pyridine rings is 1. The first kappa shape index (κ1) is 12.9.